The third-order valence-corrected chi connectivity index (χ3v) is 5.18. The predicted octanol–water partition coefficient (Wildman–Crippen LogP) is 3.11. The molecule has 27 heavy (non-hydrogen) atoms. The third kappa shape index (κ3) is 4.96. The minimum absolute atomic E-state index is 0.0520. The molecule has 0 radical (unpaired) electrons. The first-order valence-corrected chi connectivity index (χ1v) is 9.45. The van der Waals surface area contributed by atoms with Crippen molar-refractivity contribution >= 4 is 11.8 Å². The number of rotatable bonds is 6. The molecule has 6 heteroatoms. The zero-order valence-electron chi connectivity index (χ0n) is 15.7. The molecule has 2 amide bonds. The lowest BCUT2D eigenvalue weighted by Crippen LogP contribution is -2.40. The summed E-state index contributed by atoms with van der Waals surface area (Å²) in [4.78, 5) is 26.6. The zero-order chi connectivity index (χ0) is 19.2. The number of aromatic nitrogens is 1. The molecule has 5 nitrogen and oxygen atoms in total. The summed E-state index contributed by atoms with van der Waals surface area (Å²) in [6.07, 6.45) is 4.98. The highest BCUT2D eigenvalue weighted by molar-refractivity contribution is 5.92. The van der Waals surface area contributed by atoms with Gasteiger partial charge < -0.3 is 14.8 Å². The Labute approximate surface area is 159 Å². The SMILES string of the molecule is Cn1cccc1C(=O)N1CCC[C@H](CCC(=O)NCc2ccccc2F)C1. The van der Waals surface area contributed by atoms with E-state index in [1.807, 2.05) is 34.8 Å². The van der Waals surface area contributed by atoms with E-state index in [4.69, 9.17) is 0 Å². The number of carbonyl (C=O) groups is 2. The number of nitrogens with one attached hydrogen (secondary N) is 1. The lowest BCUT2D eigenvalue weighted by Gasteiger charge is -2.32. The van der Waals surface area contributed by atoms with Gasteiger partial charge in [-0.1, -0.05) is 18.2 Å². The van der Waals surface area contributed by atoms with E-state index in [0.717, 1.165) is 25.8 Å². The number of amides is 2. The van der Waals surface area contributed by atoms with Crippen LogP contribution in [0.3, 0.4) is 0 Å². The summed E-state index contributed by atoms with van der Waals surface area (Å²) in [5.74, 6) is -0.0116. The summed E-state index contributed by atoms with van der Waals surface area (Å²) in [5.41, 5.74) is 1.18. The van der Waals surface area contributed by atoms with Crippen LogP contribution in [0.4, 0.5) is 4.39 Å². The van der Waals surface area contributed by atoms with E-state index in [0.29, 0.717) is 30.1 Å². The van der Waals surface area contributed by atoms with Crippen LogP contribution in [0.5, 0.6) is 0 Å². The van der Waals surface area contributed by atoms with Gasteiger partial charge in [-0.15, -0.1) is 0 Å². The topological polar surface area (TPSA) is 54.3 Å². The zero-order valence-corrected chi connectivity index (χ0v) is 15.7. The minimum Gasteiger partial charge on any atom is -0.352 e. The molecule has 144 valence electrons. The van der Waals surface area contributed by atoms with Gasteiger partial charge in [-0.05, 0) is 43.4 Å². The summed E-state index contributed by atoms with van der Waals surface area (Å²) in [5, 5.41) is 2.78. The van der Waals surface area contributed by atoms with Gasteiger partial charge in [-0.2, -0.15) is 0 Å². The van der Waals surface area contributed by atoms with Gasteiger partial charge in [0.15, 0.2) is 0 Å². The first-order chi connectivity index (χ1) is 13.0. The molecule has 1 aromatic heterocycles. The Bertz CT molecular complexity index is 802. The van der Waals surface area contributed by atoms with E-state index in [-0.39, 0.29) is 24.2 Å². The van der Waals surface area contributed by atoms with Crippen LogP contribution in [0.25, 0.3) is 0 Å². The van der Waals surface area contributed by atoms with Gasteiger partial charge in [0, 0.05) is 44.9 Å². The van der Waals surface area contributed by atoms with Crippen LogP contribution in [0.15, 0.2) is 42.6 Å². The van der Waals surface area contributed by atoms with E-state index < -0.39 is 0 Å². The number of hydrogen-bond acceptors (Lipinski definition) is 2. The molecule has 0 bridgehead atoms. The van der Waals surface area contributed by atoms with Crippen LogP contribution in [-0.4, -0.2) is 34.4 Å². The Balaban J connectivity index is 1.45. The van der Waals surface area contributed by atoms with Crippen molar-refractivity contribution < 1.29 is 14.0 Å². The standard InChI is InChI=1S/C21H26FN3O2/c1-24-12-5-9-19(24)21(27)25-13-4-6-16(15-25)10-11-20(26)23-14-17-7-2-3-8-18(17)22/h2-3,5,7-9,12,16H,4,6,10-11,13-15H2,1H3,(H,23,26)/t16-/m1/s1. The lowest BCUT2D eigenvalue weighted by atomic mass is 9.93. The molecule has 1 aliphatic rings. The molecule has 0 aliphatic carbocycles. The van der Waals surface area contributed by atoms with Gasteiger partial charge in [0.1, 0.15) is 11.5 Å². The molecule has 1 atom stereocenters. The molecule has 1 fully saturated rings. The Morgan fingerprint density at radius 1 is 1.22 bits per heavy atom. The summed E-state index contributed by atoms with van der Waals surface area (Å²) in [6, 6.07) is 10.2. The highest BCUT2D eigenvalue weighted by Crippen LogP contribution is 2.22. The van der Waals surface area contributed by atoms with Crippen molar-refractivity contribution in [3.63, 3.8) is 0 Å². The molecular weight excluding hydrogens is 345 g/mol. The molecule has 0 saturated carbocycles. The quantitative estimate of drug-likeness (QED) is 0.848. The third-order valence-electron chi connectivity index (χ3n) is 5.18. The van der Waals surface area contributed by atoms with Gasteiger partial charge in [0.25, 0.3) is 5.91 Å². The summed E-state index contributed by atoms with van der Waals surface area (Å²) in [6.45, 7) is 1.65. The van der Waals surface area contributed by atoms with Gasteiger partial charge in [-0.25, -0.2) is 4.39 Å². The van der Waals surface area contributed by atoms with Crippen LogP contribution < -0.4 is 5.32 Å². The highest BCUT2D eigenvalue weighted by Gasteiger charge is 2.25. The maximum Gasteiger partial charge on any atom is 0.270 e. The molecule has 2 aromatic rings. The first-order valence-electron chi connectivity index (χ1n) is 9.45. The van der Waals surface area contributed by atoms with E-state index in [2.05, 4.69) is 5.32 Å². The maximum absolute atomic E-state index is 13.6. The van der Waals surface area contributed by atoms with E-state index in [1.54, 1.807) is 18.2 Å². The first kappa shape index (κ1) is 19.1. The van der Waals surface area contributed by atoms with Gasteiger partial charge in [0.05, 0.1) is 0 Å². The number of halogens is 1. The van der Waals surface area contributed by atoms with Crippen molar-refractivity contribution in [2.75, 3.05) is 13.1 Å². The van der Waals surface area contributed by atoms with Crippen molar-refractivity contribution in [2.24, 2.45) is 13.0 Å². The number of likely N-dealkylation sites (tertiary alicyclic amines) is 1. The number of nitrogens with zero attached hydrogens (tertiary/aromatic N) is 2. The monoisotopic (exact) mass is 371 g/mol. The molecular formula is C21H26FN3O2. The molecule has 1 aliphatic heterocycles. The fourth-order valence-electron chi connectivity index (χ4n) is 3.59. The van der Waals surface area contributed by atoms with Crippen molar-refractivity contribution in [1.29, 1.82) is 0 Å². The lowest BCUT2D eigenvalue weighted by molar-refractivity contribution is -0.121. The number of hydrogen-bond donors (Lipinski definition) is 1. The molecule has 1 N–H and O–H groups in total. The molecule has 0 unspecified atom stereocenters. The second-order valence-electron chi connectivity index (χ2n) is 7.17. The van der Waals surface area contributed by atoms with Gasteiger partial charge in [0.2, 0.25) is 5.91 Å². The fourth-order valence-corrected chi connectivity index (χ4v) is 3.59. The van der Waals surface area contributed by atoms with Crippen LogP contribution in [0, 0.1) is 11.7 Å². The van der Waals surface area contributed by atoms with Crippen molar-refractivity contribution in [3.05, 3.63) is 59.7 Å². The van der Waals surface area contributed by atoms with Gasteiger partial charge in [-0.3, -0.25) is 9.59 Å². The Morgan fingerprint density at radius 2 is 2.04 bits per heavy atom. The molecule has 2 heterocycles. The van der Waals surface area contributed by atoms with E-state index in [9.17, 15) is 14.0 Å². The normalized spacial score (nSPS) is 17.0. The predicted molar refractivity (Wildman–Crippen MR) is 102 cm³/mol. The molecule has 3 rings (SSSR count). The average Bonchev–Trinajstić information content (AvgIpc) is 3.11. The molecule has 1 aromatic carbocycles. The Kier molecular flexibility index (Phi) is 6.27. The summed E-state index contributed by atoms with van der Waals surface area (Å²) in [7, 11) is 1.87. The second-order valence-corrected chi connectivity index (χ2v) is 7.17. The van der Waals surface area contributed by atoms with E-state index in [1.165, 1.54) is 6.07 Å². The van der Waals surface area contributed by atoms with Crippen LogP contribution in [-0.2, 0) is 18.4 Å². The number of piperidine rings is 1. The number of carbonyl (C=O) groups excluding carboxylic acids is 2. The fraction of sp³-hybridized carbons (Fsp3) is 0.429. The minimum atomic E-state index is -0.306. The maximum atomic E-state index is 13.6. The summed E-state index contributed by atoms with van der Waals surface area (Å²) < 4.78 is 15.4. The van der Waals surface area contributed by atoms with E-state index >= 15 is 0 Å². The molecule has 0 spiro atoms. The Hall–Kier alpha value is -2.63. The van der Waals surface area contributed by atoms with Crippen LogP contribution >= 0.6 is 0 Å². The van der Waals surface area contributed by atoms with Crippen molar-refractivity contribution in [1.82, 2.24) is 14.8 Å². The number of aryl methyl sites for hydroxylation is 1. The van der Waals surface area contributed by atoms with Crippen LogP contribution in [0.2, 0.25) is 0 Å². The van der Waals surface area contributed by atoms with Crippen molar-refractivity contribution in [2.45, 2.75) is 32.2 Å². The van der Waals surface area contributed by atoms with Crippen LogP contribution in [0.1, 0.15) is 41.7 Å². The second kappa shape index (κ2) is 8.84. The molecule has 1 saturated heterocycles. The number of benzene rings is 1. The average molecular weight is 371 g/mol. The smallest absolute Gasteiger partial charge is 0.270 e. The Morgan fingerprint density at radius 3 is 2.78 bits per heavy atom. The summed E-state index contributed by atoms with van der Waals surface area (Å²) >= 11 is 0. The highest BCUT2D eigenvalue weighted by atomic mass is 19.1. The van der Waals surface area contributed by atoms with Gasteiger partial charge >= 0.3 is 0 Å². The van der Waals surface area contributed by atoms with Crippen molar-refractivity contribution in [3.8, 4) is 0 Å². The largest absolute Gasteiger partial charge is 0.352 e.